The number of nitrogens with one attached hydrogen (secondary N) is 1. The van der Waals surface area contributed by atoms with E-state index in [9.17, 15) is 0 Å². The van der Waals surface area contributed by atoms with Crippen molar-refractivity contribution in [2.45, 2.75) is 64.1 Å². The van der Waals surface area contributed by atoms with E-state index in [1.54, 1.807) is 0 Å². The molecule has 1 N–H and O–H groups in total. The van der Waals surface area contributed by atoms with Gasteiger partial charge in [0.15, 0.2) is 0 Å². The second kappa shape index (κ2) is 5.66. The predicted octanol–water partition coefficient (Wildman–Crippen LogP) is 2.89. The van der Waals surface area contributed by atoms with E-state index in [-0.39, 0.29) is 5.60 Å². The first-order chi connectivity index (χ1) is 7.03. The van der Waals surface area contributed by atoms with Crippen molar-refractivity contribution in [1.29, 1.82) is 0 Å². The van der Waals surface area contributed by atoms with Gasteiger partial charge in [0.2, 0.25) is 0 Å². The fourth-order valence-corrected chi connectivity index (χ4v) is 2.23. The van der Waals surface area contributed by atoms with Crippen molar-refractivity contribution in [2.24, 2.45) is 0 Å². The molecule has 0 bridgehead atoms. The van der Waals surface area contributed by atoms with Crippen LogP contribution in [0.5, 0.6) is 0 Å². The highest BCUT2D eigenvalue weighted by atomic mass is 16.5. The SMILES string of the molecule is C=CCC[C@H](C)N[C@H]1CCOC(C)(C)C1. The minimum Gasteiger partial charge on any atom is -0.375 e. The Balaban J connectivity index is 2.28. The topological polar surface area (TPSA) is 21.3 Å². The summed E-state index contributed by atoms with van der Waals surface area (Å²) in [5, 5.41) is 3.68. The summed E-state index contributed by atoms with van der Waals surface area (Å²) in [7, 11) is 0. The Labute approximate surface area is 94.1 Å². The predicted molar refractivity (Wildman–Crippen MR) is 65.1 cm³/mol. The zero-order chi connectivity index (χ0) is 11.3. The third kappa shape index (κ3) is 4.80. The molecule has 1 rings (SSSR count). The molecule has 0 aromatic carbocycles. The first-order valence-electron chi connectivity index (χ1n) is 6.04. The Morgan fingerprint density at radius 3 is 2.93 bits per heavy atom. The molecule has 0 aromatic rings. The van der Waals surface area contributed by atoms with Gasteiger partial charge in [0.05, 0.1) is 5.60 Å². The van der Waals surface area contributed by atoms with Crippen LogP contribution in [0.2, 0.25) is 0 Å². The van der Waals surface area contributed by atoms with Crippen molar-refractivity contribution in [3.05, 3.63) is 12.7 Å². The molecule has 0 aromatic heterocycles. The number of hydrogen-bond donors (Lipinski definition) is 1. The number of ether oxygens (including phenoxy) is 1. The molecule has 2 heteroatoms. The lowest BCUT2D eigenvalue weighted by Gasteiger charge is -2.37. The van der Waals surface area contributed by atoms with Crippen LogP contribution in [0.15, 0.2) is 12.7 Å². The Hall–Kier alpha value is -0.340. The summed E-state index contributed by atoms with van der Waals surface area (Å²) in [5.74, 6) is 0. The zero-order valence-corrected chi connectivity index (χ0v) is 10.4. The molecule has 1 aliphatic rings. The highest BCUT2D eigenvalue weighted by Crippen LogP contribution is 2.24. The summed E-state index contributed by atoms with van der Waals surface area (Å²) >= 11 is 0. The van der Waals surface area contributed by atoms with Gasteiger partial charge in [-0.1, -0.05) is 6.08 Å². The standard InChI is InChI=1S/C13H25NO/c1-5-6-7-11(2)14-12-8-9-15-13(3,4)10-12/h5,11-12,14H,1,6-10H2,2-4H3/t11-,12-/m0/s1. The Morgan fingerprint density at radius 1 is 1.60 bits per heavy atom. The molecule has 0 aliphatic carbocycles. The summed E-state index contributed by atoms with van der Waals surface area (Å²) in [6.45, 7) is 11.3. The van der Waals surface area contributed by atoms with Crippen molar-refractivity contribution in [3.63, 3.8) is 0 Å². The van der Waals surface area contributed by atoms with E-state index in [1.807, 2.05) is 6.08 Å². The van der Waals surface area contributed by atoms with Gasteiger partial charge < -0.3 is 10.1 Å². The van der Waals surface area contributed by atoms with Crippen molar-refractivity contribution >= 4 is 0 Å². The molecule has 2 nitrogen and oxygen atoms in total. The molecular formula is C13H25NO. The van der Waals surface area contributed by atoms with Crippen LogP contribution < -0.4 is 5.32 Å². The van der Waals surface area contributed by atoms with Crippen LogP contribution in [0.25, 0.3) is 0 Å². The molecule has 1 heterocycles. The van der Waals surface area contributed by atoms with Gasteiger partial charge in [-0.25, -0.2) is 0 Å². The largest absolute Gasteiger partial charge is 0.375 e. The monoisotopic (exact) mass is 211 g/mol. The molecule has 1 aliphatic heterocycles. The van der Waals surface area contributed by atoms with E-state index in [4.69, 9.17) is 4.74 Å². The molecule has 1 saturated heterocycles. The fourth-order valence-electron chi connectivity index (χ4n) is 2.23. The normalized spacial score (nSPS) is 27.3. The quantitative estimate of drug-likeness (QED) is 0.706. The second-order valence-electron chi connectivity index (χ2n) is 5.23. The number of rotatable bonds is 5. The van der Waals surface area contributed by atoms with Gasteiger partial charge in [0.25, 0.3) is 0 Å². The molecule has 0 amide bonds. The van der Waals surface area contributed by atoms with Crippen LogP contribution in [0.1, 0.15) is 46.5 Å². The lowest BCUT2D eigenvalue weighted by Crippen LogP contribution is -2.46. The maximum absolute atomic E-state index is 5.70. The van der Waals surface area contributed by atoms with Crippen molar-refractivity contribution in [1.82, 2.24) is 5.32 Å². The summed E-state index contributed by atoms with van der Waals surface area (Å²) in [6, 6.07) is 1.20. The molecule has 2 atom stereocenters. The summed E-state index contributed by atoms with van der Waals surface area (Å²) in [6.07, 6.45) is 6.53. The van der Waals surface area contributed by atoms with Gasteiger partial charge in [-0.2, -0.15) is 0 Å². The minimum atomic E-state index is 0.0497. The molecule has 0 unspecified atom stereocenters. The third-order valence-corrected chi connectivity index (χ3v) is 3.02. The van der Waals surface area contributed by atoms with E-state index < -0.39 is 0 Å². The van der Waals surface area contributed by atoms with Crippen LogP contribution in [-0.4, -0.2) is 24.3 Å². The lowest BCUT2D eigenvalue weighted by atomic mass is 9.93. The van der Waals surface area contributed by atoms with Gasteiger partial charge in [0, 0.05) is 18.7 Å². The third-order valence-electron chi connectivity index (χ3n) is 3.02. The average Bonchev–Trinajstić information content (AvgIpc) is 2.13. The molecule has 0 radical (unpaired) electrons. The van der Waals surface area contributed by atoms with Crippen LogP contribution in [0, 0.1) is 0 Å². The first-order valence-corrected chi connectivity index (χ1v) is 6.04. The molecule has 0 spiro atoms. The van der Waals surface area contributed by atoms with Crippen LogP contribution in [0.3, 0.4) is 0 Å². The molecular weight excluding hydrogens is 186 g/mol. The molecule has 88 valence electrons. The van der Waals surface area contributed by atoms with Crippen LogP contribution >= 0.6 is 0 Å². The van der Waals surface area contributed by atoms with Gasteiger partial charge in [-0.3, -0.25) is 0 Å². The van der Waals surface area contributed by atoms with Gasteiger partial charge in [-0.05, 0) is 46.5 Å². The lowest BCUT2D eigenvalue weighted by molar-refractivity contribution is -0.0640. The van der Waals surface area contributed by atoms with Crippen LogP contribution in [-0.2, 0) is 4.74 Å². The van der Waals surface area contributed by atoms with E-state index in [1.165, 1.54) is 6.42 Å². The van der Waals surface area contributed by atoms with Crippen molar-refractivity contribution in [2.75, 3.05) is 6.61 Å². The van der Waals surface area contributed by atoms with Crippen molar-refractivity contribution < 1.29 is 4.74 Å². The summed E-state index contributed by atoms with van der Waals surface area (Å²) in [5.41, 5.74) is 0.0497. The number of allylic oxidation sites excluding steroid dienone is 1. The molecule has 0 saturated carbocycles. The highest BCUT2D eigenvalue weighted by molar-refractivity contribution is 4.84. The zero-order valence-electron chi connectivity index (χ0n) is 10.4. The molecule has 1 fully saturated rings. The fraction of sp³-hybridized carbons (Fsp3) is 0.846. The maximum Gasteiger partial charge on any atom is 0.0641 e. The van der Waals surface area contributed by atoms with Gasteiger partial charge in [-0.15, -0.1) is 6.58 Å². The van der Waals surface area contributed by atoms with E-state index in [0.29, 0.717) is 12.1 Å². The Kier molecular flexibility index (Phi) is 4.81. The highest BCUT2D eigenvalue weighted by Gasteiger charge is 2.28. The van der Waals surface area contributed by atoms with Crippen molar-refractivity contribution in [3.8, 4) is 0 Å². The van der Waals surface area contributed by atoms with Gasteiger partial charge >= 0.3 is 0 Å². The average molecular weight is 211 g/mol. The van der Waals surface area contributed by atoms with E-state index >= 15 is 0 Å². The van der Waals surface area contributed by atoms with E-state index in [2.05, 4.69) is 32.7 Å². The minimum absolute atomic E-state index is 0.0497. The molecule has 15 heavy (non-hydrogen) atoms. The summed E-state index contributed by atoms with van der Waals surface area (Å²) < 4.78 is 5.70. The number of hydrogen-bond acceptors (Lipinski definition) is 2. The van der Waals surface area contributed by atoms with Crippen LogP contribution in [0.4, 0.5) is 0 Å². The maximum atomic E-state index is 5.70. The smallest absolute Gasteiger partial charge is 0.0641 e. The Morgan fingerprint density at radius 2 is 2.33 bits per heavy atom. The Bertz CT molecular complexity index is 201. The first kappa shape index (κ1) is 12.7. The summed E-state index contributed by atoms with van der Waals surface area (Å²) in [4.78, 5) is 0. The second-order valence-corrected chi connectivity index (χ2v) is 5.23. The van der Waals surface area contributed by atoms with E-state index in [0.717, 1.165) is 25.9 Å². The van der Waals surface area contributed by atoms with Gasteiger partial charge in [0.1, 0.15) is 0 Å².